The Balaban J connectivity index is 2.16. The Kier molecular flexibility index (Phi) is 4.19. The largest absolute Gasteiger partial charge is 0.380 e. The lowest BCUT2D eigenvalue weighted by molar-refractivity contribution is 0.500. The van der Waals surface area contributed by atoms with E-state index in [4.69, 9.17) is 11.6 Å². The van der Waals surface area contributed by atoms with Crippen molar-refractivity contribution in [1.29, 1.82) is 0 Å². The SMILES string of the molecule is Fc1cccc(CNc2cc(Cl)ccc2Br)c1F. The van der Waals surface area contributed by atoms with Crippen molar-refractivity contribution < 1.29 is 8.78 Å². The molecule has 2 rings (SSSR count). The molecule has 0 aliphatic heterocycles. The molecule has 0 aliphatic rings. The maximum absolute atomic E-state index is 13.4. The van der Waals surface area contributed by atoms with Crippen LogP contribution in [0.1, 0.15) is 5.56 Å². The fraction of sp³-hybridized carbons (Fsp3) is 0.0769. The molecule has 0 spiro atoms. The summed E-state index contributed by atoms with van der Waals surface area (Å²) < 4.78 is 27.3. The summed E-state index contributed by atoms with van der Waals surface area (Å²) in [6, 6.07) is 9.33. The van der Waals surface area contributed by atoms with Crippen LogP contribution in [0.25, 0.3) is 0 Å². The van der Waals surface area contributed by atoms with Crippen molar-refractivity contribution in [2.45, 2.75) is 6.54 Å². The van der Waals surface area contributed by atoms with E-state index in [1.165, 1.54) is 12.1 Å². The Hall–Kier alpha value is -1.13. The quantitative estimate of drug-likeness (QED) is 0.834. The Morgan fingerprint density at radius 3 is 2.72 bits per heavy atom. The van der Waals surface area contributed by atoms with Gasteiger partial charge in [0.15, 0.2) is 11.6 Å². The average molecular weight is 333 g/mol. The zero-order chi connectivity index (χ0) is 13.1. The lowest BCUT2D eigenvalue weighted by atomic mass is 10.2. The normalized spacial score (nSPS) is 10.4. The Bertz CT molecular complexity index is 573. The van der Waals surface area contributed by atoms with E-state index in [0.717, 1.165) is 16.2 Å². The van der Waals surface area contributed by atoms with Crippen LogP contribution < -0.4 is 5.32 Å². The number of anilines is 1. The Morgan fingerprint density at radius 2 is 1.94 bits per heavy atom. The predicted octanol–water partition coefficient (Wildman–Crippen LogP) is 4.99. The first kappa shape index (κ1) is 13.3. The summed E-state index contributed by atoms with van der Waals surface area (Å²) in [7, 11) is 0. The van der Waals surface area contributed by atoms with Gasteiger partial charge in [-0.1, -0.05) is 23.7 Å². The summed E-state index contributed by atoms with van der Waals surface area (Å²) in [6.07, 6.45) is 0. The third-order valence-corrected chi connectivity index (χ3v) is 3.36. The Labute approximate surface area is 117 Å². The molecule has 0 aliphatic carbocycles. The summed E-state index contributed by atoms with van der Waals surface area (Å²) in [5.41, 5.74) is 0.994. The summed E-state index contributed by atoms with van der Waals surface area (Å²) >= 11 is 9.21. The highest BCUT2D eigenvalue weighted by molar-refractivity contribution is 9.10. The van der Waals surface area contributed by atoms with Gasteiger partial charge >= 0.3 is 0 Å². The van der Waals surface area contributed by atoms with Crippen LogP contribution in [0, 0.1) is 11.6 Å². The van der Waals surface area contributed by atoms with E-state index in [1.54, 1.807) is 18.2 Å². The van der Waals surface area contributed by atoms with Crippen LogP contribution in [0.5, 0.6) is 0 Å². The zero-order valence-corrected chi connectivity index (χ0v) is 11.5. The van der Waals surface area contributed by atoms with Crippen LogP contribution in [0.4, 0.5) is 14.5 Å². The first-order valence-corrected chi connectivity index (χ1v) is 6.37. The van der Waals surface area contributed by atoms with Gasteiger partial charge in [-0.2, -0.15) is 0 Å². The molecule has 0 heterocycles. The van der Waals surface area contributed by atoms with Crippen molar-refractivity contribution in [3.63, 3.8) is 0 Å². The highest BCUT2D eigenvalue weighted by Gasteiger charge is 2.08. The van der Waals surface area contributed by atoms with Crippen LogP contribution in [-0.4, -0.2) is 0 Å². The second kappa shape index (κ2) is 5.67. The zero-order valence-electron chi connectivity index (χ0n) is 9.18. The van der Waals surface area contributed by atoms with Crippen LogP contribution >= 0.6 is 27.5 Å². The number of benzene rings is 2. The predicted molar refractivity (Wildman–Crippen MR) is 72.8 cm³/mol. The number of hydrogen-bond donors (Lipinski definition) is 1. The summed E-state index contributed by atoms with van der Waals surface area (Å²) in [6.45, 7) is 0.183. The molecule has 18 heavy (non-hydrogen) atoms. The van der Waals surface area contributed by atoms with Crippen molar-refractivity contribution in [3.05, 3.63) is 63.1 Å². The minimum atomic E-state index is -0.848. The molecule has 5 heteroatoms. The van der Waals surface area contributed by atoms with Crippen molar-refractivity contribution in [3.8, 4) is 0 Å². The van der Waals surface area contributed by atoms with Gasteiger partial charge in [0.1, 0.15) is 0 Å². The fourth-order valence-electron chi connectivity index (χ4n) is 1.51. The van der Waals surface area contributed by atoms with Crippen molar-refractivity contribution in [1.82, 2.24) is 0 Å². The lowest BCUT2D eigenvalue weighted by Gasteiger charge is -2.10. The molecular weight excluding hydrogens is 324 g/mol. The minimum Gasteiger partial charge on any atom is -0.380 e. The maximum atomic E-state index is 13.4. The molecule has 1 nitrogen and oxygen atoms in total. The van der Waals surface area contributed by atoms with Gasteiger partial charge in [0, 0.05) is 21.6 Å². The Morgan fingerprint density at radius 1 is 1.17 bits per heavy atom. The molecule has 0 radical (unpaired) electrons. The topological polar surface area (TPSA) is 12.0 Å². The molecule has 2 aromatic rings. The van der Waals surface area contributed by atoms with Gasteiger partial charge in [-0.05, 0) is 40.2 Å². The number of nitrogens with one attached hydrogen (secondary N) is 1. The molecule has 1 N–H and O–H groups in total. The van der Waals surface area contributed by atoms with Gasteiger partial charge in [0.25, 0.3) is 0 Å². The van der Waals surface area contributed by atoms with Crippen molar-refractivity contribution >= 4 is 33.2 Å². The van der Waals surface area contributed by atoms with Gasteiger partial charge in [0.2, 0.25) is 0 Å². The van der Waals surface area contributed by atoms with E-state index in [9.17, 15) is 8.78 Å². The molecule has 2 aromatic carbocycles. The fourth-order valence-corrected chi connectivity index (χ4v) is 2.07. The minimum absolute atomic E-state index is 0.183. The third-order valence-electron chi connectivity index (χ3n) is 2.43. The lowest BCUT2D eigenvalue weighted by Crippen LogP contribution is -2.03. The summed E-state index contributed by atoms with van der Waals surface area (Å²) in [5.74, 6) is -1.68. The van der Waals surface area contributed by atoms with Gasteiger partial charge in [-0.25, -0.2) is 8.78 Å². The van der Waals surface area contributed by atoms with Crippen molar-refractivity contribution in [2.75, 3.05) is 5.32 Å². The van der Waals surface area contributed by atoms with E-state index >= 15 is 0 Å². The van der Waals surface area contributed by atoms with Crippen LogP contribution in [0.15, 0.2) is 40.9 Å². The average Bonchev–Trinajstić information content (AvgIpc) is 2.35. The van der Waals surface area contributed by atoms with Crippen LogP contribution in [0.3, 0.4) is 0 Å². The van der Waals surface area contributed by atoms with E-state index in [0.29, 0.717) is 5.02 Å². The molecule has 0 fully saturated rings. The molecule has 0 bridgehead atoms. The number of halogens is 4. The van der Waals surface area contributed by atoms with Crippen molar-refractivity contribution in [2.24, 2.45) is 0 Å². The van der Waals surface area contributed by atoms with Crippen LogP contribution in [-0.2, 0) is 6.54 Å². The second-order valence-corrected chi connectivity index (χ2v) is 4.98. The molecule has 0 amide bonds. The highest BCUT2D eigenvalue weighted by Crippen LogP contribution is 2.26. The number of hydrogen-bond acceptors (Lipinski definition) is 1. The first-order chi connectivity index (χ1) is 8.58. The molecule has 0 saturated heterocycles. The van der Waals surface area contributed by atoms with Crippen LogP contribution in [0.2, 0.25) is 5.02 Å². The van der Waals surface area contributed by atoms with E-state index in [1.807, 2.05) is 0 Å². The molecule has 0 atom stereocenters. The second-order valence-electron chi connectivity index (χ2n) is 3.69. The third kappa shape index (κ3) is 3.00. The molecule has 0 saturated carbocycles. The monoisotopic (exact) mass is 331 g/mol. The van der Waals surface area contributed by atoms with Gasteiger partial charge in [0.05, 0.1) is 5.69 Å². The van der Waals surface area contributed by atoms with Gasteiger partial charge < -0.3 is 5.32 Å². The van der Waals surface area contributed by atoms with E-state index < -0.39 is 11.6 Å². The summed E-state index contributed by atoms with van der Waals surface area (Å²) in [5, 5.41) is 3.57. The van der Waals surface area contributed by atoms with E-state index in [-0.39, 0.29) is 12.1 Å². The maximum Gasteiger partial charge on any atom is 0.163 e. The first-order valence-electron chi connectivity index (χ1n) is 5.20. The molecular formula is C13H9BrClF2N. The number of rotatable bonds is 3. The molecule has 0 aromatic heterocycles. The van der Waals surface area contributed by atoms with E-state index in [2.05, 4.69) is 21.2 Å². The highest BCUT2D eigenvalue weighted by atomic mass is 79.9. The van der Waals surface area contributed by atoms with Gasteiger partial charge in [-0.15, -0.1) is 0 Å². The standard InChI is InChI=1S/C13H9BrClF2N/c14-10-5-4-9(15)6-12(10)18-7-8-2-1-3-11(16)13(8)17/h1-6,18H,7H2. The molecule has 0 unspecified atom stereocenters. The summed E-state index contributed by atoms with van der Waals surface area (Å²) in [4.78, 5) is 0. The van der Waals surface area contributed by atoms with Gasteiger partial charge in [-0.3, -0.25) is 0 Å². The smallest absolute Gasteiger partial charge is 0.163 e. The molecule has 94 valence electrons.